The van der Waals surface area contributed by atoms with Crippen molar-refractivity contribution in [3.8, 4) is 0 Å². The summed E-state index contributed by atoms with van der Waals surface area (Å²) in [4.78, 5) is -0.0861. The maximum absolute atomic E-state index is 11.3. The molecule has 2 aromatic rings. The summed E-state index contributed by atoms with van der Waals surface area (Å²) in [6, 6.07) is 13.2. The molecular weight excluding hydrogens is 1090 g/mol. The minimum absolute atomic E-state index is 0. The number of benzene rings is 2. The third-order valence-corrected chi connectivity index (χ3v) is 16.0. The van der Waals surface area contributed by atoms with E-state index in [9.17, 15) is 25.9 Å². The first-order chi connectivity index (χ1) is 33.1. The zero-order valence-corrected chi connectivity index (χ0v) is 50.4. The summed E-state index contributed by atoms with van der Waals surface area (Å²) < 4.78 is 67.9. The summed E-state index contributed by atoms with van der Waals surface area (Å²) in [5.74, 6) is 0. The van der Waals surface area contributed by atoms with E-state index in [1.165, 1.54) is 269 Å². The second-order valence-corrected chi connectivity index (χ2v) is 23.2. The van der Waals surface area contributed by atoms with Gasteiger partial charge in [0.15, 0.2) is 0 Å². The molecule has 0 aliphatic carbocycles. The Labute approximate surface area is 449 Å². The second-order valence-electron chi connectivity index (χ2n) is 20.5. The number of rotatable bonds is 48. The molecular formula is C60H106O6PbS2-2. The van der Waals surface area contributed by atoms with Crippen LogP contribution in [0.3, 0.4) is 0 Å². The Morgan fingerprint density at radius 1 is 0.275 bits per heavy atom. The summed E-state index contributed by atoms with van der Waals surface area (Å²) in [6.07, 6.45) is 61.2. The average Bonchev–Trinajstić information content (AvgIpc) is 3.32. The first kappa shape index (κ1) is 68.2. The van der Waals surface area contributed by atoms with Gasteiger partial charge in [0.05, 0.1) is 9.79 Å². The predicted octanol–water partition coefficient (Wildman–Crippen LogP) is 19.1. The maximum Gasteiger partial charge on any atom is 0.124 e. The van der Waals surface area contributed by atoms with Crippen LogP contribution in [-0.2, 0) is 33.1 Å². The van der Waals surface area contributed by atoms with Crippen molar-refractivity contribution >= 4 is 47.5 Å². The molecule has 0 aliphatic rings. The van der Waals surface area contributed by atoms with Gasteiger partial charge in [-0.3, -0.25) is 0 Å². The van der Waals surface area contributed by atoms with Gasteiger partial charge in [-0.1, -0.05) is 320 Å². The van der Waals surface area contributed by atoms with Crippen molar-refractivity contribution in [2.45, 2.75) is 319 Å². The van der Waals surface area contributed by atoms with Crippen LogP contribution < -0.4 is 0 Å². The van der Waals surface area contributed by atoms with Gasteiger partial charge in [0.25, 0.3) is 0 Å². The molecule has 0 bridgehead atoms. The number of aryl methyl sites for hydroxylation is 2. The van der Waals surface area contributed by atoms with E-state index in [2.05, 4.69) is 13.8 Å². The smallest absolute Gasteiger partial charge is 0.124 e. The monoisotopic (exact) mass is 1190 g/mol. The Kier molecular flexibility index (Phi) is 48.8. The molecule has 0 N–H and O–H groups in total. The Hall–Kier alpha value is -0.818. The fourth-order valence-corrected chi connectivity index (χ4v) is 11.2. The van der Waals surface area contributed by atoms with E-state index >= 15 is 0 Å². The third-order valence-electron chi connectivity index (χ3n) is 14.1. The molecule has 0 saturated carbocycles. The van der Waals surface area contributed by atoms with Crippen molar-refractivity contribution in [2.24, 2.45) is 0 Å². The first-order valence-corrected chi connectivity index (χ1v) is 32.0. The zero-order chi connectivity index (χ0) is 49.5. The molecule has 2 rings (SSSR count). The van der Waals surface area contributed by atoms with E-state index in [-0.39, 0.29) is 37.1 Å². The van der Waals surface area contributed by atoms with Gasteiger partial charge in [0.1, 0.15) is 20.2 Å². The van der Waals surface area contributed by atoms with Crippen molar-refractivity contribution in [1.82, 2.24) is 0 Å². The molecule has 0 atom stereocenters. The molecule has 6 nitrogen and oxygen atoms in total. The minimum Gasteiger partial charge on any atom is -0.744 e. The Bertz CT molecular complexity index is 1500. The Morgan fingerprint density at radius 2 is 0.435 bits per heavy atom. The Balaban J connectivity index is 0.00000132. The van der Waals surface area contributed by atoms with Crippen molar-refractivity contribution in [3.05, 3.63) is 59.7 Å². The van der Waals surface area contributed by atoms with Crippen LogP contribution in [0.1, 0.15) is 307 Å². The van der Waals surface area contributed by atoms with E-state index in [1.807, 2.05) is 12.1 Å². The number of hydrogen-bond donors (Lipinski definition) is 0. The van der Waals surface area contributed by atoms with Crippen molar-refractivity contribution in [3.63, 3.8) is 0 Å². The van der Waals surface area contributed by atoms with Crippen LogP contribution in [0.5, 0.6) is 0 Å². The fraction of sp³-hybridized carbons (Fsp3) is 0.800. The van der Waals surface area contributed by atoms with Gasteiger partial charge in [0, 0.05) is 27.3 Å². The van der Waals surface area contributed by atoms with Crippen LogP contribution in [-0.4, -0.2) is 53.2 Å². The molecule has 0 spiro atoms. The molecule has 0 heterocycles. The molecule has 0 aromatic heterocycles. The summed E-state index contributed by atoms with van der Waals surface area (Å²) in [5, 5.41) is 0. The van der Waals surface area contributed by atoms with E-state index in [1.54, 1.807) is 24.3 Å². The second kappa shape index (κ2) is 49.4. The zero-order valence-electron chi connectivity index (χ0n) is 44.9. The van der Waals surface area contributed by atoms with Crippen LogP contribution in [0.25, 0.3) is 0 Å². The molecule has 0 saturated heterocycles. The number of unbranched alkanes of at least 4 members (excludes halogenated alkanes) is 42. The normalized spacial score (nSPS) is 11.7. The molecule has 9 heteroatoms. The van der Waals surface area contributed by atoms with Crippen LogP contribution in [0.15, 0.2) is 58.3 Å². The number of hydrogen-bond acceptors (Lipinski definition) is 6. The topological polar surface area (TPSA) is 114 Å². The summed E-state index contributed by atoms with van der Waals surface area (Å²) >= 11 is 0. The molecule has 400 valence electrons. The average molecular weight is 1190 g/mol. The van der Waals surface area contributed by atoms with Crippen LogP contribution >= 0.6 is 0 Å². The Morgan fingerprint density at radius 3 is 0.609 bits per heavy atom. The predicted molar refractivity (Wildman–Crippen MR) is 296 cm³/mol. The van der Waals surface area contributed by atoms with Gasteiger partial charge in [-0.2, -0.15) is 0 Å². The largest absolute Gasteiger partial charge is 0.744 e. The van der Waals surface area contributed by atoms with E-state index in [4.69, 9.17) is 0 Å². The molecule has 4 radical (unpaired) electrons. The summed E-state index contributed by atoms with van der Waals surface area (Å²) in [7, 11) is -8.72. The summed E-state index contributed by atoms with van der Waals surface area (Å²) in [5.41, 5.74) is 1.34. The van der Waals surface area contributed by atoms with Gasteiger partial charge in [0.2, 0.25) is 0 Å². The van der Waals surface area contributed by atoms with Crippen LogP contribution in [0.2, 0.25) is 0 Å². The quantitative estimate of drug-likeness (QED) is 0.0370. The molecule has 0 aliphatic heterocycles. The standard InChI is InChI=1S/2C30H54O3S.Pb/c2*1-2-3-4-5-6-7-8-9-10-11-12-13-14-15-16-17-18-19-20-21-22-23-26-29-27-24-25-28-30(29)34(31,32)33;/h2*24-25,27-28H,2-23,26H2,1H3,(H,31,32,33);/p-2. The molecule has 69 heavy (non-hydrogen) atoms. The molecule has 0 unspecified atom stereocenters. The molecule has 0 amide bonds. The summed E-state index contributed by atoms with van der Waals surface area (Å²) in [6.45, 7) is 4.57. The third kappa shape index (κ3) is 43.3. The van der Waals surface area contributed by atoms with Gasteiger partial charge in [-0.25, -0.2) is 16.8 Å². The first-order valence-electron chi connectivity index (χ1n) is 29.2. The van der Waals surface area contributed by atoms with Crippen molar-refractivity contribution < 1.29 is 25.9 Å². The van der Waals surface area contributed by atoms with E-state index in [0.29, 0.717) is 24.0 Å². The van der Waals surface area contributed by atoms with E-state index < -0.39 is 20.2 Å². The van der Waals surface area contributed by atoms with Crippen LogP contribution in [0, 0.1) is 0 Å². The van der Waals surface area contributed by atoms with Crippen molar-refractivity contribution in [1.29, 1.82) is 0 Å². The van der Waals surface area contributed by atoms with Gasteiger partial charge in [-0.05, 0) is 48.9 Å². The molecule has 0 fully saturated rings. The van der Waals surface area contributed by atoms with Gasteiger partial charge in [-0.15, -0.1) is 0 Å². The minimum atomic E-state index is -4.36. The van der Waals surface area contributed by atoms with E-state index in [0.717, 1.165) is 25.7 Å². The fourth-order valence-electron chi connectivity index (χ4n) is 9.76. The van der Waals surface area contributed by atoms with Crippen LogP contribution in [0.4, 0.5) is 0 Å². The van der Waals surface area contributed by atoms with Gasteiger partial charge < -0.3 is 9.11 Å². The van der Waals surface area contributed by atoms with Crippen molar-refractivity contribution in [2.75, 3.05) is 0 Å². The SMILES string of the molecule is CCCCCCCCCCCCCCCCCCCCCCCCc1ccccc1S(=O)(=O)[O-].CCCCCCCCCCCCCCCCCCCCCCCCc1ccccc1S(=O)(=O)[O-].[Pb]. The molecule has 2 aromatic carbocycles. The van der Waals surface area contributed by atoms with Gasteiger partial charge >= 0.3 is 0 Å². The maximum atomic E-state index is 11.3.